The van der Waals surface area contributed by atoms with Gasteiger partial charge in [0.05, 0.1) is 54.7 Å². The number of benzene rings is 2. The van der Waals surface area contributed by atoms with E-state index in [4.69, 9.17) is 9.47 Å². The summed E-state index contributed by atoms with van der Waals surface area (Å²) in [6.07, 6.45) is -5.58. The van der Waals surface area contributed by atoms with Crippen LogP contribution in [0.3, 0.4) is 0 Å². The molecule has 1 saturated heterocycles. The monoisotopic (exact) mass is 928 g/mol. The summed E-state index contributed by atoms with van der Waals surface area (Å²) < 4.78 is 54.1. The molecule has 4 amide bonds. The zero-order chi connectivity index (χ0) is 47.5. The number of hydrogen-bond donors (Lipinski definition) is 4. The maximum atomic E-state index is 14.0. The van der Waals surface area contributed by atoms with Crippen molar-refractivity contribution < 1.29 is 51.5 Å². The van der Waals surface area contributed by atoms with Crippen LogP contribution in [0.1, 0.15) is 87.9 Å². The van der Waals surface area contributed by atoms with Gasteiger partial charge in [-0.15, -0.1) is 11.3 Å². The molecule has 5 rings (SSSR count). The van der Waals surface area contributed by atoms with Crippen molar-refractivity contribution in [3.63, 3.8) is 0 Å². The predicted molar refractivity (Wildman–Crippen MR) is 236 cm³/mol. The van der Waals surface area contributed by atoms with Crippen LogP contribution >= 0.6 is 11.3 Å². The standard InChI is InChI=1S/C45H59F3N8O8S/c1-8-55(24-27(2)50-40(59)33-15-13-32(14-16-33)39-53-43(64-54-39)45(46,47)48)18-20-63-22-21-62-19-17-36(58)52-38(44(5,6)7)42(61)56-25-34(57)23-35(56)41(60)51-28(3)30-9-11-31(12-10-30)37-29(4)49-26-65-37/h9-16,26-28,34-35,38,57H,8,17-25H2,1-7H3,(H,50,59)(H,51,60)(H,52,58)/t27?,28?,34-,35+,38?/m1/s1. The van der Waals surface area contributed by atoms with Gasteiger partial charge in [-0.25, -0.2) is 4.98 Å². The van der Waals surface area contributed by atoms with Crippen molar-refractivity contribution >= 4 is 35.0 Å². The Morgan fingerprint density at radius 2 is 1.62 bits per heavy atom. The molecule has 0 aliphatic carbocycles. The highest BCUT2D eigenvalue weighted by Crippen LogP contribution is 2.31. The molecular weight excluding hydrogens is 870 g/mol. The third-order valence-corrected chi connectivity index (χ3v) is 11.9. The highest BCUT2D eigenvalue weighted by Gasteiger charge is 2.45. The highest BCUT2D eigenvalue weighted by atomic mass is 32.1. The fourth-order valence-corrected chi connectivity index (χ4v) is 8.09. The third kappa shape index (κ3) is 14.4. The van der Waals surface area contributed by atoms with Crippen LogP contribution in [0.5, 0.6) is 0 Å². The molecule has 1 aliphatic heterocycles. The van der Waals surface area contributed by atoms with Crippen molar-refractivity contribution in [2.24, 2.45) is 5.41 Å². The van der Waals surface area contributed by atoms with Gasteiger partial charge < -0.3 is 40.0 Å². The van der Waals surface area contributed by atoms with E-state index in [0.717, 1.165) is 21.7 Å². The van der Waals surface area contributed by atoms with Gasteiger partial charge in [0.1, 0.15) is 12.1 Å². The number of rotatable bonds is 21. The lowest BCUT2D eigenvalue weighted by Crippen LogP contribution is -2.58. The number of aryl methyl sites for hydroxylation is 1. The van der Waals surface area contributed by atoms with Gasteiger partial charge >= 0.3 is 12.1 Å². The summed E-state index contributed by atoms with van der Waals surface area (Å²) >= 11 is 1.56. The first-order chi connectivity index (χ1) is 30.7. The van der Waals surface area contributed by atoms with E-state index in [0.29, 0.717) is 31.8 Å². The number of nitrogens with zero attached hydrogens (tertiary/aromatic N) is 5. The van der Waals surface area contributed by atoms with Gasteiger partial charge in [-0.05, 0) is 56.0 Å². The second kappa shape index (κ2) is 22.8. The van der Waals surface area contributed by atoms with Gasteiger partial charge in [-0.2, -0.15) is 18.2 Å². The number of thiazole rings is 1. The molecule has 4 N–H and O–H groups in total. The Morgan fingerprint density at radius 3 is 2.22 bits per heavy atom. The lowest BCUT2D eigenvalue weighted by atomic mass is 9.85. The van der Waals surface area contributed by atoms with Crippen LogP contribution in [0.25, 0.3) is 21.8 Å². The van der Waals surface area contributed by atoms with E-state index in [9.17, 15) is 37.5 Å². The van der Waals surface area contributed by atoms with Crippen LogP contribution in [0, 0.1) is 12.3 Å². The molecule has 354 valence electrons. The summed E-state index contributed by atoms with van der Waals surface area (Å²) in [6.45, 7) is 15.9. The third-order valence-electron chi connectivity index (χ3n) is 10.9. The number of nitrogens with one attached hydrogen (secondary N) is 3. The van der Waals surface area contributed by atoms with E-state index in [-0.39, 0.29) is 74.5 Å². The number of alkyl halides is 3. The van der Waals surface area contributed by atoms with Crippen LogP contribution in [0.2, 0.25) is 0 Å². The Labute approximate surface area is 380 Å². The summed E-state index contributed by atoms with van der Waals surface area (Å²) in [6, 6.07) is 11.2. The van der Waals surface area contributed by atoms with Crippen LogP contribution in [0.15, 0.2) is 58.6 Å². The van der Waals surface area contributed by atoms with Crippen molar-refractivity contribution in [3.8, 4) is 21.8 Å². The van der Waals surface area contributed by atoms with Crippen LogP contribution < -0.4 is 16.0 Å². The number of β-amino-alcohol motifs (C(OH)–C–C–N with tert-alkyl or cyclic N) is 1. The van der Waals surface area contributed by atoms with Crippen molar-refractivity contribution in [1.82, 2.24) is 40.9 Å². The van der Waals surface area contributed by atoms with Crippen LogP contribution in [0.4, 0.5) is 13.2 Å². The minimum absolute atomic E-state index is 0.00968. The number of aliphatic hydroxyl groups excluding tert-OH is 1. The van der Waals surface area contributed by atoms with Crippen LogP contribution in [-0.4, -0.2) is 130 Å². The topological polar surface area (TPSA) is 201 Å². The Balaban J connectivity index is 0.988. The van der Waals surface area contributed by atoms with E-state index < -0.39 is 47.5 Å². The quantitative estimate of drug-likeness (QED) is 0.0775. The Morgan fingerprint density at radius 1 is 0.954 bits per heavy atom. The summed E-state index contributed by atoms with van der Waals surface area (Å²) in [5.74, 6) is -3.26. The molecule has 16 nitrogen and oxygen atoms in total. The lowest BCUT2D eigenvalue weighted by Gasteiger charge is -2.35. The van der Waals surface area contributed by atoms with Gasteiger partial charge in [0, 0.05) is 49.6 Å². The zero-order valence-corrected chi connectivity index (χ0v) is 38.6. The fourth-order valence-electron chi connectivity index (χ4n) is 7.27. The molecule has 0 radical (unpaired) electrons. The molecule has 3 unspecified atom stereocenters. The highest BCUT2D eigenvalue weighted by molar-refractivity contribution is 7.13. The Kier molecular flexibility index (Phi) is 17.8. The number of halogens is 3. The predicted octanol–water partition coefficient (Wildman–Crippen LogP) is 5.42. The number of aromatic nitrogens is 3. The maximum Gasteiger partial charge on any atom is 0.471 e. The van der Waals surface area contributed by atoms with Crippen molar-refractivity contribution in [2.45, 2.75) is 97.8 Å². The number of carbonyl (C=O) groups is 4. The molecule has 4 aromatic rings. The maximum absolute atomic E-state index is 14.0. The van der Waals surface area contributed by atoms with E-state index in [1.165, 1.54) is 29.2 Å². The molecule has 0 spiro atoms. The number of amides is 4. The largest absolute Gasteiger partial charge is 0.471 e. The number of hydrogen-bond acceptors (Lipinski definition) is 13. The normalized spacial score (nSPS) is 16.9. The summed E-state index contributed by atoms with van der Waals surface area (Å²) in [5.41, 5.74) is 4.55. The molecule has 65 heavy (non-hydrogen) atoms. The van der Waals surface area contributed by atoms with Gasteiger partial charge in [0.25, 0.3) is 5.91 Å². The average Bonchev–Trinajstić information content (AvgIpc) is 4.03. The molecule has 1 fully saturated rings. The molecule has 5 atom stereocenters. The SMILES string of the molecule is CCN(CCOCCOCCC(=O)NC(C(=O)N1C[C@H](O)C[C@H]1C(=O)NC(C)c1ccc(-c2scnc2C)cc1)C(C)(C)C)CC(C)NC(=O)c1ccc(-c2noc(C(F)(F)F)n2)cc1. The van der Waals surface area contributed by atoms with Crippen LogP contribution in [-0.2, 0) is 30.0 Å². The number of aliphatic hydroxyl groups is 1. The zero-order valence-electron chi connectivity index (χ0n) is 37.7. The number of ether oxygens (including phenoxy) is 2. The van der Waals surface area contributed by atoms with Gasteiger partial charge in [0.15, 0.2) is 0 Å². The Hall–Kier alpha value is -5.28. The van der Waals surface area contributed by atoms with Gasteiger partial charge in [0.2, 0.25) is 23.5 Å². The summed E-state index contributed by atoms with van der Waals surface area (Å²) in [5, 5.41) is 22.7. The Bertz CT molecular complexity index is 2200. The number of likely N-dealkylation sites (N-methyl/N-ethyl adjacent to an activating group) is 1. The molecule has 0 bridgehead atoms. The number of carbonyl (C=O) groups excluding carboxylic acids is 4. The van der Waals surface area contributed by atoms with Crippen molar-refractivity contribution in [1.29, 1.82) is 0 Å². The molecular formula is C45H59F3N8O8S. The van der Waals surface area contributed by atoms with Crippen molar-refractivity contribution in [3.05, 3.63) is 76.8 Å². The van der Waals surface area contributed by atoms with Crippen molar-refractivity contribution in [2.75, 3.05) is 52.6 Å². The molecule has 2 aromatic carbocycles. The first kappa shape index (κ1) is 50.7. The number of likely N-dealkylation sites (tertiary alicyclic amines) is 1. The van der Waals surface area contributed by atoms with Gasteiger partial charge in [-0.3, -0.25) is 24.1 Å². The van der Waals surface area contributed by atoms with E-state index in [1.807, 2.05) is 72.7 Å². The summed E-state index contributed by atoms with van der Waals surface area (Å²) in [7, 11) is 0. The summed E-state index contributed by atoms with van der Waals surface area (Å²) in [4.78, 5) is 65.8. The molecule has 3 heterocycles. The second-order valence-corrected chi connectivity index (χ2v) is 18.0. The first-order valence-electron chi connectivity index (χ1n) is 21.5. The van der Waals surface area contributed by atoms with E-state index >= 15 is 0 Å². The molecule has 1 aliphatic rings. The van der Waals surface area contributed by atoms with E-state index in [1.54, 1.807) is 16.8 Å². The van der Waals surface area contributed by atoms with Gasteiger partial charge in [-0.1, -0.05) is 69.2 Å². The average molecular weight is 929 g/mol. The first-order valence-corrected chi connectivity index (χ1v) is 22.4. The van der Waals surface area contributed by atoms with E-state index in [2.05, 4.69) is 40.5 Å². The minimum Gasteiger partial charge on any atom is -0.391 e. The molecule has 2 aromatic heterocycles. The molecule has 0 saturated carbocycles. The minimum atomic E-state index is -4.76. The lowest BCUT2D eigenvalue weighted by molar-refractivity contribution is -0.159. The fraction of sp³-hybridized carbons (Fsp3) is 0.533. The molecule has 20 heteroatoms. The smallest absolute Gasteiger partial charge is 0.391 e. The second-order valence-electron chi connectivity index (χ2n) is 17.1.